The van der Waals surface area contributed by atoms with Gasteiger partial charge in [-0.15, -0.1) is 0 Å². The molecule has 0 radical (unpaired) electrons. The van der Waals surface area contributed by atoms with Crippen molar-refractivity contribution in [1.82, 2.24) is 0 Å². The van der Waals surface area contributed by atoms with E-state index in [1.807, 2.05) is 12.1 Å². The monoisotopic (exact) mass is 336 g/mol. The molecule has 2 fully saturated rings. The molecule has 0 aliphatic heterocycles. The predicted molar refractivity (Wildman–Crippen MR) is 93.3 cm³/mol. The standard InChI is InChI=1S/C19H22Cl2O/c20-17-9-5-13(11-18(17)21)6-10-19(22)16-8-7-14-3-1-2-4-15(14)12-16/h5-6,9-11,14-16H,1-4,7-8,12H2/b10-6-/t14-,15+,16-/m0/s1. The zero-order valence-electron chi connectivity index (χ0n) is 12.7. The van der Waals surface area contributed by atoms with Gasteiger partial charge in [-0.1, -0.05) is 61.0 Å². The highest BCUT2D eigenvalue weighted by Crippen LogP contribution is 2.43. The lowest BCUT2D eigenvalue weighted by Gasteiger charge is -2.38. The fourth-order valence-electron chi connectivity index (χ4n) is 4.06. The molecule has 2 saturated carbocycles. The molecule has 0 bridgehead atoms. The molecule has 0 amide bonds. The molecule has 0 saturated heterocycles. The van der Waals surface area contributed by atoms with Crippen LogP contribution in [0.25, 0.3) is 6.08 Å². The van der Waals surface area contributed by atoms with Crippen molar-refractivity contribution >= 4 is 35.1 Å². The highest BCUT2D eigenvalue weighted by Gasteiger charge is 2.34. The van der Waals surface area contributed by atoms with Crippen LogP contribution in [0.15, 0.2) is 24.3 Å². The smallest absolute Gasteiger partial charge is 0.158 e. The Morgan fingerprint density at radius 2 is 1.77 bits per heavy atom. The van der Waals surface area contributed by atoms with Crippen molar-refractivity contribution in [2.45, 2.75) is 44.9 Å². The van der Waals surface area contributed by atoms with Crippen molar-refractivity contribution in [1.29, 1.82) is 0 Å². The fraction of sp³-hybridized carbons (Fsp3) is 0.526. The van der Waals surface area contributed by atoms with Gasteiger partial charge in [-0.3, -0.25) is 4.79 Å². The molecule has 0 N–H and O–H groups in total. The molecule has 1 aromatic carbocycles. The third-order valence-electron chi connectivity index (χ3n) is 5.33. The van der Waals surface area contributed by atoms with E-state index < -0.39 is 0 Å². The van der Waals surface area contributed by atoms with Crippen LogP contribution in [-0.4, -0.2) is 5.78 Å². The molecule has 0 spiro atoms. The minimum absolute atomic E-state index is 0.221. The molecular weight excluding hydrogens is 315 g/mol. The second kappa shape index (κ2) is 7.19. The predicted octanol–water partition coefficient (Wildman–Crippen LogP) is 6.18. The van der Waals surface area contributed by atoms with Crippen LogP contribution in [0.5, 0.6) is 0 Å². The SMILES string of the molecule is O=C(/C=C\c1ccc(Cl)c(Cl)c1)[C@H]1CC[C@@H]2CCCC[C@@H]2C1. The minimum atomic E-state index is 0.221. The van der Waals surface area contributed by atoms with Crippen LogP contribution in [0.3, 0.4) is 0 Å². The number of carbonyl (C=O) groups is 1. The molecule has 0 aromatic heterocycles. The number of allylic oxidation sites excluding steroid dienone is 1. The van der Waals surface area contributed by atoms with Crippen molar-refractivity contribution in [2.75, 3.05) is 0 Å². The molecule has 1 aromatic rings. The Bertz CT molecular complexity index is 579. The van der Waals surface area contributed by atoms with Crippen molar-refractivity contribution < 1.29 is 4.79 Å². The first-order valence-corrected chi connectivity index (χ1v) is 9.06. The van der Waals surface area contributed by atoms with Crippen LogP contribution in [-0.2, 0) is 4.79 Å². The molecule has 118 valence electrons. The Balaban J connectivity index is 1.61. The summed E-state index contributed by atoms with van der Waals surface area (Å²) >= 11 is 11.9. The van der Waals surface area contributed by atoms with E-state index in [4.69, 9.17) is 23.2 Å². The molecule has 0 unspecified atom stereocenters. The van der Waals surface area contributed by atoms with E-state index in [0.29, 0.717) is 10.0 Å². The lowest BCUT2D eigenvalue weighted by molar-refractivity contribution is -0.120. The number of carbonyl (C=O) groups excluding carboxylic acids is 1. The summed E-state index contributed by atoms with van der Waals surface area (Å²) in [6, 6.07) is 5.45. The third kappa shape index (κ3) is 3.75. The van der Waals surface area contributed by atoms with Crippen LogP contribution < -0.4 is 0 Å². The summed E-state index contributed by atoms with van der Waals surface area (Å²) in [7, 11) is 0. The first kappa shape index (κ1) is 16.1. The first-order chi connectivity index (χ1) is 10.6. The summed E-state index contributed by atoms with van der Waals surface area (Å²) in [5.41, 5.74) is 0.925. The van der Waals surface area contributed by atoms with Gasteiger partial charge in [-0.2, -0.15) is 0 Å². The van der Waals surface area contributed by atoms with E-state index in [0.717, 1.165) is 30.2 Å². The molecule has 3 heteroatoms. The average molecular weight is 337 g/mol. The number of hydrogen-bond donors (Lipinski definition) is 0. The van der Waals surface area contributed by atoms with Crippen LogP contribution in [0.4, 0.5) is 0 Å². The van der Waals surface area contributed by atoms with Gasteiger partial charge in [0.2, 0.25) is 0 Å². The molecule has 1 nitrogen and oxygen atoms in total. The van der Waals surface area contributed by atoms with Gasteiger partial charge in [0.1, 0.15) is 0 Å². The summed E-state index contributed by atoms with van der Waals surface area (Å²) in [6.45, 7) is 0. The second-order valence-corrected chi connectivity index (χ2v) is 7.54. The number of ketones is 1. The number of rotatable bonds is 3. The fourth-order valence-corrected chi connectivity index (χ4v) is 4.37. The summed E-state index contributed by atoms with van der Waals surface area (Å²) in [5, 5.41) is 1.07. The number of halogens is 2. The van der Waals surface area contributed by atoms with E-state index in [2.05, 4.69) is 0 Å². The second-order valence-electron chi connectivity index (χ2n) is 6.72. The van der Waals surface area contributed by atoms with E-state index in [1.165, 1.54) is 32.1 Å². The van der Waals surface area contributed by atoms with Gasteiger partial charge >= 0.3 is 0 Å². The first-order valence-electron chi connectivity index (χ1n) is 8.30. The minimum Gasteiger partial charge on any atom is -0.295 e. The average Bonchev–Trinajstić information content (AvgIpc) is 2.55. The topological polar surface area (TPSA) is 17.1 Å². The van der Waals surface area contributed by atoms with Gasteiger partial charge in [0.05, 0.1) is 10.0 Å². The molecule has 2 aliphatic rings. The maximum absolute atomic E-state index is 12.5. The zero-order valence-corrected chi connectivity index (χ0v) is 14.2. The van der Waals surface area contributed by atoms with E-state index in [1.54, 1.807) is 18.2 Å². The third-order valence-corrected chi connectivity index (χ3v) is 6.06. The molecular formula is C19H22Cl2O. The van der Waals surface area contributed by atoms with Gasteiger partial charge in [-0.05, 0) is 54.9 Å². The molecule has 0 heterocycles. The molecule has 3 rings (SSSR count). The zero-order chi connectivity index (χ0) is 15.5. The highest BCUT2D eigenvalue weighted by atomic mass is 35.5. The Morgan fingerprint density at radius 1 is 1.00 bits per heavy atom. The van der Waals surface area contributed by atoms with Crippen LogP contribution in [0, 0.1) is 17.8 Å². The lowest BCUT2D eigenvalue weighted by atomic mass is 9.67. The quantitative estimate of drug-likeness (QED) is 0.602. The highest BCUT2D eigenvalue weighted by molar-refractivity contribution is 6.42. The van der Waals surface area contributed by atoms with Crippen molar-refractivity contribution in [3.8, 4) is 0 Å². The maximum Gasteiger partial charge on any atom is 0.158 e. The van der Waals surface area contributed by atoms with Crippen molar-refractivity contribution in [2.24, 2.45) is 17.8 Å². The van der Waals surface area contributed by atoms with Gasteiger partial charge in [0, 0.05) is 5.92 Å². The summed E-state index contributed by atoms with van der Waals surface area (Å²) in [4.78, 5) is 12.5. The maximum atomic E-state index is 12.5. The molecule has 2 aliphatic carbocycles. The van der Waals surface area contributed by atoms with Crippen molar-refractivity contribution in [3.05, 3.63) is 39.9 Å². The van der Waals surface area contributed by atoms with Gasteiger partial charge in [-0.25, -0.2) is 0 Å². The van der Waals surface area contributed by atoms with E-state index >= 15 is 0 Å². The number of fused-ring (bicyclic) bond motifs is 1. The van der Waals surface area contributed by atoms with Crippen LogP contribution in [0.2, 0.25) is 10.0 Å². The normalized spacial score (nSPS) is 28.5. The Labute approximate surface area is 142 Å². The summed E-state index contributed by atoms with van der Waals surface area (Å²) in [5.74, 6) is 2.17. The van der Waals surface area contributed by atoms with Gasteiger partial charge in [0.15, 0.2) is 5.78 Å². The van der Waals surface area contributed by atoms with Gasteiger partial charge < -0.3 is 0 Å². The van der Waals surface area contributed by atoms with E-state index in [9.17, 15) is 4.79 Å². The molecule has 22 heavy (non-hydrogen) atoms. The van der Waals surface area contributed by atoms with E-state index in [-0.39, 0.29) is 11.7 Å². The number of hydrogen-bond acceptors (Lipinski definition) is 1. The van der Waals surface area contributed by atoms with Crippen LogP contribution in [0.1, 0.15) is 50.5 Å². The summed E-state index contributed by atoms with van der Waals surface area (Å²) < 4.78 is 0. The Morgan fingerprint density at radius 3 is 2.55 bits per heavy atom. The lowest BCUT2D eigenvalue weighted by Crippen LogP contribution is -2.30. The summed E-state index contributed by atoms with van der Waals surface area (Å²) in [6.07, 6.45) is 12.4. The Hall–Kier alpha value is -0.790. The van der Waals surface area contributed by atoms with Gasteiger partial charge in [0.25, 0.3) is 0 Å². The molecule has 3 atom stereocenters. The Kier molecular flexibility index (Phi) is 5.25. The van der Waals surface area contributed by atoms with Crippen LogP contribution >= 0.6 is 23.2 Å². The number of benzene rings is 1. The largest absolute Gasteiger partial charge is 0.295 e. The van der Waals surface area contributed by atoms with Crippen molar-refractivity contribution in [3.63, 3.8) is 0 Å².